The Kier molecular flexibility index (Phi) is 4.79. The molecule has 0 spiro atoms. The third kappa shape index (κ3) is 3.63. The van der Waals surface area contributed by atoms with E-state index >= 15 is 0 Å². The molecule has 0 bridgehead atoms. The topological polar surface area (TPSA) is 48.2 Å². The average Bonchev–Trinajstić information content (AvgIpc) is 3.06. The molecular formula is C17H12BrClN2O2. The van der Waals surface area contributed by atoms with Crippen LogP contribution >= 0.6 is 27.5 Å². The predicted octanol–water partition coefficient (Wildman–Crippen LogP) is 5.24. The van der Waals surface area contributed by atoms with Gasteiger partial charge in [0.25, 0.3) is 5.89 Å². The molecule has 3 rings (SSSR count). The van der Waals surface area contributed by atoms with Gasteiger partial charge in [-0.1, -0.05) is 35.9 Å². The molecule has 0 amide bonds. The second kappa shape index (κ2) is 6.98. The SMILES string of the molecule is COc1ccc(/C=C(\Cl)c2nnc(-c3ccccc3Br)o2)cc1. The van der Waals surface area contributed by atoms with E-state index in [2.05, 4.69) is 26.1 Å². The van der Waals surface area contributed by atoms with Gasteiger partial charge in [-0.25, -0.2) is 0 Å². The normalized spacial score (nSPS) is 11.5. The number of halogens is 2. The van der Waals surface area contributed by atoms with Crippen molar-refractivity contribution < 1.29 is 9.15 Å². The second-order valence-corrected chi connectivity index (χ2v) is 5.92. The molecule has 0 fully saturated rings. The molecule has 0 saturated carbocycles. The summed E-state index contributed by atoms with van der Waals surface area (Å²) in [5.41, 5.74) is 1.73. The molecule has 0 N–H and O–H groups in total. The van der Waals surface area contributed by atoms with Gasteiger partial charge >= 0.3 is 0 Å². The van der Waals surface area contributed by atoms with Gasteiger partial charge in [0.1, 0.15) is 10.8 Å². The van der Waals surface area contributed by atoms with Gasteiger partial charge < -0.3 is 9.15 Å². The molecule has 0 radical (unpaired) electrons. The predicted molar refractivity (Wildman–Crippen MR) is 94.2 cm³/mol. The van der Waals surface area contributed by atoms with Crippen LogP contribution < -0.4 is 4.74 Å². The Morgan fingerprint density at radius 3 is 2.57 bits per heavy atom. The molecule has 116 valence electrons. The van der Waals surface area contributed by atoms with Crippen LogP contribution in [0.15, 0.2) is 57.4 Å². The zero-order valence-electron chi connectivity index (χ0n) is 12.2. The quantitative estimate of drug-likeness (QED) is 0.610. The van der Waals surface area contributed by atoms with Crippen molar-refractivity contribution >= 4 is 38.6 Å². The number of aromatic nitrogens is 2. The van der Waals surface area contributed by atoms with Crippen LogP contribution in [0.25, 0.3) is 22.6 Å². The molecule has 6 heteroatoms. The summed E-state index contributed by atoms with van der Waals surface area (Å²) in [7, 11) is 1.62. The molecular weight excluding hydrogens is 380 g/mol. The Bertz CT molecular complexity index is 844. The number of methoxy groups -OCH3 is 1. The lowest BCUT2D eigenvalue weighted by atomic mass is 10.2. The molecule has 0 aliphatic rings. The van der Waals surface area contributed by atoms with Gasteiger partial charge in [-0.3, -0.25) is 0 Å². The smallest absolute Gasteiger partial charge is 0.259 e. The van der Waals surface area contributed by atoms with E-state index in [0.29, 0.717) is 10.9 Å². The van der Waals surface area contributed by atoms with Crippen molar-refractivity contribution in [3.05, 3.63) is 64.5 Å². The average molecular weight is 392 g/mol. The lowest BCUT2D eigenvalue weighted by Crippen LogP contribution is -1.82. The molecule has 1 heterocycles. The lowest BCUT2D eigenvalue weighted by Gasteiger charge is -1.99. The maximum absolute atomic E-state index is 6.28. The summed E-state index contributed by atoms with van der Waals surface area (Å²) in [6.45, 7) is 0. The van der Waals surface area contributed by atoms with Crippen molar-refractivity contribution in [2.24, 2.45) is 0 Å². The van der Waals surface area contributed by atoms with Crippen LogP contribution in [-0.2, 0) is 0 Å². The van der Waals surface area contributed by atoms with Gasteiger partial charge in [0.05, 0.1) is 12.7 Å². The van der Waals surface area contributed by atoms with Crippen LogP contribution in [0.2, 0.25) is 0 Å². The minimum atomic E-state index is 0.272. The molecule has 0 aliphatic carbocycles. The number of ether oxygens (including phenoxy) is 1. The summed E-state index contributed by atoms with van der Waals surface area (Å²) in [6, 6.07) is 15.1. The van der Waals surface area contributed by atoms with Crippen LogP contribution in [0, 0.1) is 0 Å². The fourth-order valence-electron chi connectivity index (χ4n) is 1.97. The number of nitrogens with zero attached hydrogens (tertiary/aromatic N) is 2. The van der Waals surface area contributed by atoms with Crippen LogP contribution in [0.3, 0.4) is 0 Å². The van der Waals surface area contributed by atoms with E-state index in [1.807, 2.05) is 48.5 Å². The van der Waals surface area contributed by atoms with Crippen molar-refractivity contribution in [3.63, 3.8) is 0 Å². The van der Waals surface area contributed by atoms with Crippen LogP contribution in [-0.4, -0.2) is 17.3 Å². The highest BCUT2D eigenvalue weighted by Crippen LogP contribution is 2.29. The van der Waals surface area contributed by atoms with Gasteiger partial charge in [-0.05, 0) is 51.8 Å². The highest BCUT2D eigenvalue weighted by Gasteiger charge is 2.13. The molecule has 1 aromatic heterocycles. The van der Waals surface area contributed by atoms with Crippen LogP contribution in [0.5, 0.6) is 5.75 Å². The largest absolute Gasteiger partial charge is 0.497 e. The van der Waals surface area contributed by atoms with Crippen LogP contribution in [0.4, 0.5) is 0 Å². The molecule has 0 atom stereocenters. The van der Waals surface area contributed by atoms with Crippen LogP contribution in [0.1, 0.15) is 11.5 Å². The fraction of sp³-hybridized carbons (Fsp3) is 0.0588. The number of rotatable bonds is 4. The lowest BCUT2D eigenvalue weighted by molar-refractivity contribution is 0.415. The highest BCUT2D eigenvalue weighted by atomic mass is 79.9. The zero-order valence-corrected chi connectivity index (χ0v) is 14.5. The standard InChI is InChI=1S/C17H12BrClN2O2/c1-22-12-8-6-11(7-9-12)10-15(19)17-21-20-16(23-17)13-4-2-3-5-14(13)18/h2-10H,1H3/b15-10-. The van der Waals surface area contributed by atoms with E-state index in [1.165, 1.54) is 0 Å². The van der Waals surface area contributed by atoms with Crippen molar-refractivity contribution in [1.82, 2.24) is 10.2 Å². The first-order valence-electron chi connectivity index (χ1n) is 6.77. The molecule has 4 nitrogen and oxygen atoms in total. The van der Waals surface area contributed by atoms with Crippen molar-refractivity contribution in [1.29, 1.82) is 0 Å². The Morgan fingerprint density at radius 1 is 1.13 bits per heavy atom. The Labute approximate surface area is 146 Å². The van der Waals surface area contributed by atoms with E-state index in [4.69, 9.17) is 20.8 Å². The van der Waals surface area contributed by atoms with E-state index in [-0.39, 0.29) is 5.89 Å². The number of hydrogen-bond donors (Lipinski definition) is 0. The van der Waals surface area contributed by atoms with E-state index in [9.17, 15) is 0 Å². The van der Waals surface area contributed by atoms with E-state index < -0.39 is 0 Å². The van der Waals surface area contributed by atoms with Gasteiger partial charge in [0.15, 0.2) is 0 Å². The van der Waals surface area contributed by atoms with Crippen molar-refractivity contribution in [3.8, 4) is 17.2 Å². The molecule has 2 aromatic carbocycles. The Balaban J connectivity index is 1.87. The summed E-state index contributed by atoms with van der Waals surface area (Å²) in [6.07, 6.45) is 1.76. The molecule has 0 unspecified atom stereocenters. The second-order valence-electron chi connectivity index (χ2n) is 4.66. The summed E-state index contributed by atoms with van der Waals surface area (Å²) < 4.78 is 11.7. The third-order valence-corrected chi connectivity index (χ3v) is 4.11. The van der Waals surface area contributed by atoms with Gasteiger partial charge in [0, 0.05) is 4.47 Å². The minimum Gasteiger partial charge on any atom is -0.497 e. The monoisotopic (exact) mass is 390 g/mol. The first kappa shape index (κ1) is 15.8. The van der Waals surface area contributed by atoms with Gasteiger partial charge in [-0.2, -0.15) is 0 Å². The van der Waals surface area contributed by atoms with Gasteiger partial charge in [-0.15, -0.1) is 10.2 Å². The summed E-state index contributed by atoms with van der Waals surface area (Å²) >= 11 is 9.74. The first-order chi connectivity index (χ1) is 11.2. The van der Waals surface area contributed by atoms with Gasteiger partial charge in [0.2, 0.25) is 5.89 Å². The van der Waals surface area contributed by atoms with E-state index in [1.54, 1.807) is 13.2 Å². The first-order valence-corrected chi connectivity index (χ1v) is 7.94. The third-order valence-electron chi connectivity index (χ3n) is 3.14. The Morgan fingerprint density at radius 2 is 1.87 bits per heavy atom. The highest BCUT2D eigenvalue weighted by molar-refractivity contribution is 9.10. The number of benzene rings is 2. The molecule has 0 aliphatic heterocycles. The molecule has 0 saturated heterocycles. The fourth-order valence-corrected chi connectivity index (χ4v) is 2.63. The summed E-state index contributed by atoms with van der Waals surface area (Å²) in [5.74, 6) is 1.47. The number of hydrogen-bond acceptors (Lipinski definition) is 4. The maximum atomic E-state index is 6.28. The zero-order chi connectivity index (χ0) is 16.2. The summed E-state index contributed by atoms with van der Waals surface area (Å²) in [4.78, 5) is 0. The van der Waals surface area contributed by atoms with Crippen molar-refractivity contribution in [2.75, 3.05) is 7.11 Å². The maximum Gasteiger partial charge on any atom is 0.259 e. The molecule has 23 heavy (non-hydrogen) atoms. The minimum absolute atomic E-state index is 0.272. The van der Waals surface area contributed by atoms with E-state index in [0.717, 1.165) is 21.3 Å². The van der Waals surface area contributed by atoms with Crippen molar-refractivity contribution in [2.45, 2.75) is 0 Å². The summed E-state index contributed by atoms with van der Waals surface area (Å²) in [5, 5.41) is 8.42. The molecule has 3 aromatic rings. The Hall–Kier alpha value is -2.11.